The van der Waals surface area contributed by atoms with Gasteiger partial charge in [0, 0.05) is 6.54 Å². The number of carboxylic acid groups (broad SMARTS) is 1. The Labute approximate surface area is 55.8 Å². The molecule has 0 rings (SSSR count). The van der Waals surface area contributed by atoms with Crippen LogP contribution in [0.15, 0.2) is 12.6 Å². The number of carboxylic acids is 1. The van der Waals surface area contributed by atoms with E-state index in [2.05, 4.69) is 5.32 Å². The zero-order valence-corrected chi connectivity index (χ0v) is 5.29. The molecule has 0 aromatic carbocycles. The van der Waals surface area contributed by atoms with E-state index in [1.165, 1.54) is 0 Å². The Morgan fingerprint density at radius 2 is 2.89 bits per heavy atom. The van der Waals surface area contributed by atoms with Crippen molar-refractivity contribution >= 4 is 5.97 Å². The van der Waals surface area contributed by atoms with Gasteiger partial charge in [-0.2, -0.15) is 0 Å². The van der Waals surface area contributed by atoms with E-state index in [1.54, 1.807) is 13.0 Å². The first kappa shape index (κ1) is 6.29. The first-order chi connectivity index (χ1) is 4.68. The van der Waals surface area contributed by atoms with E-state index in [0.717, 1.165) is 6.55 Å². The normalized spacial score (nSPS) is 15.4. The summed E-state index contributed by atoms with van der Waals surface area (Å²) in [5.74, 6) is -0.876. The van der Waals surface area contributed by atoms with Crippen molar-refractivity contribution in [3.05, 3.63) is 12.6 Å². The molecule has 0 spiro atoms. The monoisotopic (exact) mass is 130 g/mol. The van der Waals surface area contributed by atoms with Crippen molar-refractivity contribution in [1.82, 2.24) is 5.32 Å². The van der Waals surface area contributed by atoms with E-state index >= 15 is 0 Å². The van der Waals surface area contributed by atoms with Gasteiger partial charge in [-0.1, -0.05) is 6.08 Å². The van der Waals surface area contributed by atoms with E-state index in [1.807, 2.05) is 0 Å². The number of carbonyl (C=O) groups is 1. The molecule has 0 saturated carbocycles. The fourth-order valence-electron chi connectivity index (χ4n) is 0.332. The predicted octanol–water partition coefficient (Wildman–Crippen LogP) is 0.235. The fraction of sp³-hybridized carbons (Fsp3) is 0.500. The summed E-state index contributed by atoms with van der Waals surface area (Å²) in [5, 5.41) is 11.0. The molecule has 0 saturated heterocycles. The topological polar surface area (TPSA) is 49.3 Å². The largest absolute Gasteiger partial charge is 0.480 e. The minimum Gasteiger partial charge on any atom is -0.480 e. The highest BCUT2D eigenvalue weighted by Gasteiger charge is 2.06. The maximum atomic E-state index is 10.2. The Morgan fingerprint density at radius 1 is 2.22 bits per heavy atom. The second kappa shape index (κ2) is 4.09. The minimum atomic E-state index is -0.876. The van der Waals surface area contributed by atoms with Crippen molar-refractivity contribution in [1.29, 1.82) is 0 Å². The maximum Gasteiger partial charge on any atom is 0.320 e. The van der Waals surface area contributed by atoms with Crippen LogP contribution in [0.25, 0.3) is 0 Å². The summed E-state index contributed by atoms with van der Waals surface area (Å²) < 4.78 is 6.59. The van der Waals surface area contributed by atoms with E-state index in [4.69, 9.17) is 6.48 Å². The molecule has 0 aromatic heterocycles. The van der Waals surface area contributed by atoms with Gasteiger partial charge in [0.2, 0.25) is 0 Å². The highest BCUT2D eigenvalue weighted by Crippen LogP contribution is 1.78. The standard InChI is InChI=1S/C6H11NO2/c1-3-4-7-5(2)6(8)9/h3,5,7H,1,4H2,2H3,(H,8,9)/t5-/m0/s1/i1D. The molecule has 2 N–H and O–H groups in total. The summed E-state index contributed by atoms with van der Waals surface area (Å²) in [6, 6.07) is -0.545. The number of hydrogen-bond donors (Lipinski definition) is 2. The van der Waals surface area contributed by atoms with E-state index < -0.39 is 12.0 Å². The van der Waals surface area contributed by atoms with Crippen molar-refractivity contribution in [2.45, 2.75) is 13.0 Å². The van der Waals surface area contributed by atoms with Crippen molar-refractivity contribution in [3.63, 3.8) is 0 Å². The Bertz CT molecular complexity index is 136. The second-order valence-electron chi connectivity index (χ2n) is 1.70. The smallest absolute Gasteiger partial charge is 0.320 e. The average molecular weight is 130 g/mol. The molecule has 52 valence electrons. The van der Waals surface area contributed by atoms with Crippen molar-refractivity contribution < 1.29 is 11.3 Å². The maximum absolute atomic E-state index is 10.2. The van der Waals surface area contributed by atoms with E-state index in [9.17, 15) is 4.79 Å². The quantitative estimate of drug-likeness (QED) is 0.536. The van der Waals surface area contributed by atoms with Gasteiger partial charge in [0.15, 0.2) is 0 Å². The van der Waals surface area contributed by atoms with Crippen LogP contribution in [-0.4, -0.2) is 23.7 Å². The highest BCUT2D eigenvalue weighted by atomic mass is 16.4. The minimum absolute atomic E-state index is 0.428. The fourth-order valence-corrected chi connectivity index (χ4v) is 0.332. The van der Waals surface area contributed by atoms with Gasteiger partial charge >= 0.3 is 5.97 Å². The van der Waals surface area contributed by atoms with Gasteiger partial charge in [-0.25, -0.2) is 0 Å². The van der Waals surface area contributed by atoms with Crippen LogP contribution < -0.4 is 5.32 Å². The lowest BCUT2D eigenvalue weighted by molar-refractivity contribution is -0.138. The molecule has 0 fully saturated rings. The summed E-state index contributed by atoms with van der Waals surface area (Å²) in [6.07, 6.45) is 1.54. The highest BCUT2D eigenvalue weighted by molar-refractivity contribution is 5.72. The van der Waals surface area contributed by atoms with Crippen LogP contribution in [0.5, 0.6) is 0 Å². The van der Waals surface area contributed by atoms with Crippen LogP contribution in [0.3, 0.4) is 0 Å². The van der Waals surface area contributed by atoms with Crippen LogP contribution in [0.2, 0.25) is 0 Å². The third kappa shape index (κ3) is 3.73. The Kier molecular flexibility index (Phi) is 2.86. The molecule has 0 aliphatic rings. The average Bonchev–Trinajstić information content (AvgIpc) is 1.88. The van der Waals surface area contributed by atoms with Crippen LogP contribution in [0.1, 0.15) is 8.29 Å². The number of rotatable bonds is 4. The molecule has 0 heterocycles. The van der Waals surface area contributed by atoms with Crippen LogP contribution in [0, 0.1) is 0 Å². The van der Waals surface area contributed by atoms with Gasteiger partial charge in [0.05, 0.1) is 1.37 Å². The molecule has 1 atom stereocenters. The van der Waals surface area contributed by atoms with E-state index in [0.29, 0.717) is 6.54 Å². The molecular weight excluding hydrogens is 118 g/mol. The molecule has 0 aromatic rings. The van der Waals surface area contributed by atoms with Crippen LogP contribution in [-0.2, 0) is 4.79 Å². The van der Waals surface area contributed by atoms with Crippen LogP contribution in [0.4, 0.5) is 0 Å². The van der Waals surface area contributed by atoms with Crippen molar-refractivity contribution in [2.24, 2.45) is 0 Å². The second-order valence-corrected chi connectivity index (χ2v) is 1.70. The first-order valence-electron chi connectivity index (χ1n) is 3.25. The molecule has 0 aliphatic heterocycles. The van der Waals surface area contributed by atoms with Gasteiger partial charge in [-0.3, -0.25) is 4.79 Å². The number of aliphatic carboxylic acids is 1. The molecule has 0 radical (unpaired) electrons. The SMILES string of the molecule is [2H]C=CCN[C@@H](C)C(=O)O. The molecule has 0 aliphatic carbocycles. The van der Waals surface area contributed by atoms with Gasteiger partial charge in [-0.05, 0) is 6.92 Å². The summed E-state index contributed by atoms with van der Waals surface area (Å²) in [7, 11) is 0. The molecule has 0 amide bonds. The van der Waals surface area contributed by atoms with Crippen LogP contribution >= 0.6 is 0 Å². The summed E-state index contributed by atoms with van der Waals surface area (Å²) in [5.41, 5.74) is 0. The number of nitrogens with one attached hydrogen (secondary N) is 1. The predicted molar refractivity (Wildman–Crippen MR) is 35.3 cm³/mol. The lowest BCUT2D eigenvalue weighted by atomic mass is 10.3. The van der Waals surface area contributed by atoms with Gasteiger partial charge in [0.25, 0.3) is 0 Å². The van der Waals surface area contributed by atoms with E-state index in [-0.39, 0.29) is 0 Å². The zero-order chi connectivity index (χ0) is 7.98. The van der Waals surface area contributed by atoms with Crippen molar-refractivity contribution in [3.8, 4) is 0 Å². The summed E-state index contributed by atoms with van der Waals surface area (Å²) >= 11 is 0. The van der Waals surface area contributed by atoms with Gasteiger partial charge in [-0.15, -0.1) is 6.55 Å². The van der Waals surface area contributed by atoms with Crippen molar-refractivity contribution in [2.75, 3.05) is 6.54 Å². The first-order valence-corrected chi connectivity index (χ1v) is 2.68. The molecule has 9 heavy (non-hydrogen) atoms. The van der Waals surface area contributed by atoms with Gasteiger partial charge < -0.3 is 10.4 Å². The third-order valence-corrected chi connectivity index (χ3v) is 0.912. The Balaban J connectivity index is 3.39. The molecule has 0 unspecified atom stereocenters. The lowest BCUT2D eigenvalue weighted by Gasteiger charge is -2.04. The summed E-state index contributed by atoms with van der Waals surface area (Å²) in [4.78, 5) is 10.2. The lowest BCUT2D eigenvalue weighted by Crippen LogP contribution is -2.33. The Morgan fingerprint density at radius 3 is 3.33 bits per heavy atom. The molecule has 3 heteroatoms. The third-order valence-electron chi connectivity index (χ3n) is 0.912. The molecule has 3 nitrogen and oxygen atoms in total. The number of hydrogen-bond acceptors (Lipinski definition) is 2. The molecular formula is C6H11NO2. The van der Waals surface area contributed by atoms with Gasteiger partial charge in [0.1, 0.15) is 6.04 Å². The zero-order valence-electron chi connectivity index (χ0n) is 6.29. The Hall–Kier alpha value is -0.830. The molecule has 0 bridgehead atoms. The summed E-state index contributed by atoms with van der Waals surface area (Å²) in [6.45, 7) is 3.11.